The fourth-order valence-electron chi connectivity index (χ4n) is 4.79. The summed E-state index contributed by atoms with van der Waals surface area (Å²) in [6.07, 6.45) is 6.06. The molecule has 0 N–H and O–H groups in total. The SMILES string of the molecule is C/C=C\[C@H]1CC[C@](CC)(C(=O)N2CC(OC)C2)c2nnc(-c3c(F)cccc3F)cc21. The minimum absolute atomic E-state index is 0.0136. The van der Waals surface area contributed by atoms with Gasteiger partial charge in [-0.1, -0.05) is 25.1 Å². The van der Waals surface area contributed by atoms with Crippen LogP contribution in [-0.2, 0) is 14.9 Å². The lowest BCUT2D eigenvalue weighted by atomic mass is 9.66. The van der Waals surface area contributed by atoms with Gasteiger partial charge in [0.2, 0.25) is 5.91 Å². The lowest BCUT2D eigenvalue weighted by molar-refractivity contribution is -0.150. The number of halogens is 2. The third-order valence-corrected chi connectivity index (χ3v) is 6.68. The maximum atomic E-state index is 14.4. The highest BCUT2D eigenvalue weighted by Gasteiger charge is 2.50. The largest absolute Gasteiger partial charge is 0.378 e. The molecule has 1 aromatic heterocycles. The number of allylic oxidation sites excluding steroid dienone is 2. The molecule has 0 bridgehead atoms. The molecule has 1 aliphatic carbocycles. The van der Waals surface area contributed by atoms with Gasteiger partial charge in [0.05, 0.1) is 28.5 Å². The quantitative estimate of drug-likeness (QED) is 0.665. The number of likely N-dealkylation sites (tertiary alicyclic amines) is 1. The Hall–Kier alpha value is -2.67. The van der Waals surface area contributed by atoms with Gasteiger partial charge in [-0.2, -0.15) is 5.10 Å². The summed E-state index contributed by atoms with van der Waals surface area (Å²) in [6, 6.07) is 5.45. The minimum atomic E-state index is -0.786. The Labute approximate surface area is 181 Å². The van der Waals surface area contributed by atoms with E-state index in [0.29, 0.717) is 31.6 Å². The fraction of sp³-hybridized carbons (Fsp3) is 0.458. The zero-order valence-corrected chi connectivity index (χ0v) is 18.1. The van der Waals surface area contributed by atoms with Gasteiger partial charge in [-0.25, -0.2) is 8.78 Å². The zero-order chi connectivity index (χ0) is 22.2. The van der Waals surface area contributed by atoms with E-state index in [9.17, 15) is 13.6 Å². The molecule has 4 rings (SSSR count). The number of ether oxygens (including phenoxy) is 1. The van der Waals surface area contributed by atoms with Crippen LogP contribution in [0.4, 0.5) is 8.78 Å². The first kappa shape index (κ1) is 21.6. The van der Waals surface area contributed by atoms with Crippen LogP contribution in [0.1, 0.15) is 50.3 Å². The first-order valence-corrected chi connectivity index (χ1v) is 10.7. The average Bonchev–Trinajstić information content (AvgIpc) is 2.73. The Bertz CT molecular complexity index is 1000. The lowest BCUT2D eigenvalue weighted by Crippen LogP contribution is -2.60. The predicted molar refractivity (Wildman–Crippen MR) is 114 cm³/mol. The molecule has 0 unspecified atom stereocenters. The molecule has 0 spiro atoms. The first-order valence-electron chi connectivity index (χ1n) is 10.7. The monoisotopic (exact) mass is 427 g/mol. The molecule has 1 fully saturated rings. The van der Waals surface area contributed by atoms with E-state index in [4.69, 9.17) is 4.74 Å². The van der Waals surface area contributed by atoms with Crippen LogP contribution in [0.2, 0.25) is 0 Å². The van der Waals surface area contributed by atoms with Crippen LogP contribution >= 0.6 is 0 Å². The van der Waals surface area contributed by atoms with E-state index in [0.717, 1.165) is 12.0 Å². The van der Waals surface area contributed by atoms with Gasteiger partial charge in [0.15, 0.2) is 0 Å². The number of nitrogens with zero attached hydrogens (tertiary/aromatic N) is 3. The second-order valence-electron chi connectivity index (χ2n) is 8.30. The number of carbonyl (C=O) groups excluding carboxylic acids is 1. The van der Waals surface area contributed by atoms with Crippen molar-refractivity contribution < 1.29 is 18.3 Å². The second kappa shape index (κ2) is 8.46. The zero-order valence-electron chi connectivity index (χ0n) is 18.1. The molecule has 0 radical (unpaired) electrons. The van der Waals surface area contributed by atoms with Crippen molar-refractivity contribution in [3.05, 3.63) is 59.3 Å². The third-order valence-electron chi connectivity index (χ3n) is 6.68. The Balaban J connectivity index is 1.81. The van der Waals surface area contributed by atoms with Crippen LogP contribution < -0.4 is 0 Å². The Kier molecular flexibility index (Phi) is 5.88. The van der Waals surface area contributed by atoms with Gasteiger partial charge in [0.25, 0.3) is 0 Å². The van der Waals surface area contributed by atoms with E-state index in [2.05, 4.69) is 16.3 Å². The highest BCUT2D eigenvalue weighted by atomic mass is 19.1. The van der Waals surface area contributed by atoms with Crippen molar-refractivity contribution in [2.24, 2.45) is 0 Å². The summed E-state index contributed by atoms with van der Waals surface area (Å²) in [7, 11) is 1.65. The smallest absolute Gasteiger partial charge is 0.235 e. The molecule has 2 aromatic rings. The van der Waals surface area contributed by atoms with Crippen molar-refractivity contribution in [2.75, 3.05) is 20.2 Å². The van der Waals surface area contributed by atoms with Crippen LogP contribution in [0.5, 0.6) is 0 Å². The number of amides is 1. The second-order valence-corrected chi connectivity index (χ2v) is 8.30. The van der Waals surface area contributed by atoms with Crippen molar-refractivity contribution in [1.29, 1.82) is 0 Å². The van der Waals surface area contributed by atoms with Gasteiger partial charge in [-0.15, -0.1) is 5.10 Å². The maximum absolute atomic E-state index is 14.4. The van der Waals surface area contributed by atoms with E-state index in [1.807, 2.05) is 24.8 Å². The highest BCUT2D eigenvalue weighted by Crippen LogP contribution is 2.47. The van der Waals surface area contributed by atoms with E-state index >= 15 is 0 Å². The summed E-state index contributed by atoms with van der Waals surface area (Å²) in [5, 5.41) is 8.63. The molecule has 1 aromatic carbocycles. The molecule has 2 aliphatic rings. The van der Waals surface area contributed by atoms with Gasteiger partial charge >= 0.3 is 0 Å². The number of fused-ring (bicyclic) bond motifs is 1. The summed E-state index contributed by atoms with van der Waals surface area (Å²) >= 11 is 0. The molecular weight excluding hydrogens is 400 g/mol. The van der Waals surface area contributed by atoms with Crippen molar-refractivity contribution >= 4 is 5.91 Å². The first-order chi connectivity index (χ1) is 14.9. The minimum Gasteiger partial charge on any atom is -0.378 e. The Morgan fingerprint density at radius 1 is 1.29 bits per heavy atom. The number of rotatable bonds is 5. The van der Waals surface area contributed by atoms with E-state index < -0.39 is 17.0 Å². The molecule has 1 saturated heterocycles. The fourth-order valence-corrected chi connectivity index (χ4v) is 4.79. The van der Waals surface area contributed by atoms with Crippen molar-refractivity contribution in [1.82, 2.24) is 15.1 Å². The predicted octanol–water partition coefficient (Wildman–Crippen LogP) is 4.38. The van der Waals surface area contributed by atoms with Gasteiger partial charge in [0.1, 0.15) is 11.6 Å². The van der Waals surface area contributed by atoms with Crippen LogP contribution in [-0.4, -0.2) is 47.3 Å². The summed E-state index contributed by atoms with van der Waals surface area (Å²) < 4.78 is 34.1. The highest BCUT2D eigenvalue weighted by molar-refractivity contribution is 5.89. The summed E-state index contributed by atoms with van der Waals surface area (Å²) in [6.45, 7) is 5.05. The van der Waals surface area contributed by atoms with Gasteiger partial charge < -0.3 is 9.64 Å². The van der Waals surface area contributed by atoms with Crippen molar-refractivity contribution in [3.63, 3.8) is 0 Å². The number of methoxy groups -OCH3 is 1. The number of carbonyl (C=O) groups is 1. The molecule has 5 nitrogen and oxygen atoms in total. The van der Waals surface area contributed by atoms with E-state index in [1.165, 1.54) is 18.2 Å². The molecule has 0 saturated carbocycles. The molecule has 2 heterocycles. The molecular formula is C24H27F2N3O2. The molecule has 7 heteroatoms. The van der Waals surface area contributed by atoms with Crippen LogP contribution in [0, 0.1) is 11.6 Å². The maximum Gasteiger partial charge on any atom is 0.235 e. The Morgan fingerprint density at radius 3 is 2.61 bits per heavy atom. The van der Waals surface area contributed by atoms with Crippen molar-refractivity contribution in [3.8, 4) is 11.3 Å². The molecule has 164 valence electrons. The summed E-state index contributed by atoms with van der Waals surface area (Å²) in [5.74, 6) is -1.32. The van der Waals surface area contributed by atoms with Crippen LogP contribution in [0.15, 0.2) is 36.4 Å². The lowest BCUT2D eigenvalue weighted by Gasteiger charge is -2.46. The average molecular weight is 427 g/mol. The van der Waals surface area contributed by atoms with E-state index in [-0.39, 0.29) is 29.2 Å². The standard InChI is InChI=1S/C24H27F2N3O2/c1-4-7-15-10-11-24(5-2,23(30)29-13-16(14-29)31-3)22-17(15)12-20(27-28-22)21-18(25)8-6-9-19(21)26/h4,6-9,12,15-16H,5,10-11,13-14H2,1-3H3/b7-4-/t15-,24-/m0/s1. The summed E-state index contributed by atoms with van der Waals surface area (Å²) in [4.78, 5) is 15.4. The van der Waals surface area contributed by atoms with Crippen molar-refractivity contribution in [2.45, 2.75) is 50.5 Å². The third kappa shape index (κ3) is 3.55. The van der Waals surface area contributed by atoms with E-state index in [1.54, 1.807) is 13.2 Å². The summed E-state index contributed by atoms with van der Waals surface area (Å²) in [5.41, 5.74) is 0.603. The number of hydrogen-bond donors (Lipinski definition) is 0. The van der Waals surface area contributed by atoms with Gasteiger partial charge in [-0.05, 0) is 49.9 Å². The van der Waals surface area contributed by atoms with Gasteiger partial charge in [-0.3, -0.25) is 4.79 Å². The van der Waals surface area contributed by atoms with Gasteiger partial charge in [0, 0.05) is 26.1 Å². The normalized spacial score (nSPS) is 23.6. The van der Waals surface area contributed by atoms with Crippen LogP contribution in [0.3, 0.4) is 0 Å². The molecule has 1 amide bonds. The molecule has 31 heavy (non-hydrogen) atoms. The Morgan fingerprint density at radius 2 is 2.00 bits per heavy atom. The number of hydrogen-bond acceptors (Lipinski definition) is 4. The topological polar surface area (TPSA) is 55.3 Å². The molecule has 1 aliphatic heterocycles. The number of aromatic nitrogens is 2. The van der Waals surface area contributed by atoms with Crippen LogP contribution in [0.25, 0.3) is 11.3 Å². The molecule has 2 atom stereocenters. The number of benzene rings is 1.